The molecule has 1 aliphatic rings. The predicted octanol–water partition coefficient (Wildman–Crippen LogP) is 3.97. The quantitative estimate of drug-likeness (QED) is 0.777. The van der Waals surface area contributed by atoms with Crippen LogP contribution in [0.3, 0.4) is 0 Å². The van der Waals surface area contributed by atoms with Crippen LogP contribution in [-0.4, -0.2) is 38.1 Å². The van der Waals surface area contributed by atoms with E-state index in [1.165, 1.54) is 12.1 Å². The molecule has 1 aliphatic heterocycles. The van der Waals surface area contributed by atoms with Gasteiger partial charge >= 0.3 is 6.18 Å². The Morgan fingerprint density at radius 2 is 2.05 bits per heavy atom. The van der Waals surface area contributed by atoms with Gasteiger partial charge in [0, 0.05) is 30.7 Å². The number of alkyl halides is 4. The number of nitrogens with zero attached hydrogens (tertiary/aromatic N) is 2. The highest BCUT2D eigenvalue weighted by Gasteiger charge is 2.34. The van der Waals surface area contributed by atoms with Crippen molar-refractivity contribution in [2.24, 2.45) is 0 Å². The van der Waals surface area contributed by atoms with Crippen molar-refractivity contribution >= 4 is 17.3 Å². The lowest BCUT2D eigenvalue weighted by atomic mass is 10.0. The summed E-state index contributed by atoms with van der Waals surface area (Å²) in [6.07, 6.45) is -2.30. The van der Waals surface area contributed by atoms with Crippen LogP contribution >= 0.6 is 11.6 Å². The van der Waals surface area contributed by atoms with Crippen molar-refractivity contribution < 1.29 is 13.2 Å². The van der Waals surface area contributed by atoms with Crippen LogP contribution in [0.4, 0.5) is 18.9 Å². The standard InChI is InChI=1S/C15H20ClF3N2/c1-20(2)13-4-3-7-21(10-13)12-6-5-11(9-16)14(8-12)15(17,18)19/h5-6,8,13H,3-4,7,9-10H2,1-2H3. The molecule has 0 radical (unpaired) electrons. The van der Waals surface area contributed by atoms with Crippen molar-refractivity contribution in [3.8, 4) is 0 Å². The molecule has 0 saturated carbocycles. The van der Waals surface area contributed by atoms with Gasteiger partial charge in [0.1, 0.15) is 0 Å². The van der Waals surface area contributed by atoms with E-state index >= 15 is 0 Å². The van der Waals surface area contributed by atoms with Gasteiger partial charge in [0.05, 0.1) is 5.56 Å². The Morgan fingerprint density at radius 1 is 1.33 bits per heavy atom. The van der Waals surface area contributed by atoms with Gasteiger partial charge in [-0.15, -0.1) is 11.6 Å². The average molecular weight is 321 g/mol. The number of anilines is 1. The van der Waals surface area contributed by atoms with Gasteiger partial charge in [-0.1, -0.05) is 6.07 Å². The summed E-state index contributed by atoms with van der Waals surface area (Å²) in [6.45, 7) is 1.55. The molecule has 2 nitrogen and oxygen atoms in total. The number of hydrogen-bond acceptors (Lipinski definition) is 2. The van der Waals surface area contributed by atoms with Crippen LogP contribution in [0.5, 0.6) is 0 Å². The van der Waals surface area contributed by atoms with Gasteiger partial charge in [-0.3, -0.25) is 0 Å². The fraction of sp³-hybridized carbons (Fsp3) is 0.600. The second-order valence-corrected chi connectivity index (χ2v) is 5.95. The second-order valence-electron chi connectivity index (χ2n) is 5.68. The van der Waals surface area contributed by atoms with Gasteiger partial charge in [0.2, 0.25) is 0 Å². The van der Waals surface area contributed by atoms with Crippen LogP contribution in [0.2, 0.25) is 0 Å². The maximum atomic E-state index is 13.1. The lowest BCUT2D eigenvalue weighted by Gasteiger charge is -2.37. The molecule has 0 aliphatic carbocycles. The summed E-state index contributed by atoms with van der Waals surface area (Å²) in [7, 11) is 4.01. The van der Waals surface area contributed by atoms with Crippen molar-refractivity contribution in [2.75, 3.05) is 32.1 Å². The molecular weight excluding hydrogens is 301 g/mol. The summed E-state index contributed by atoms with van der Waals surface area (Å²) in [5, 5.41) is 0. The fourth-order valence-corrected chi connectivity index (χ4v) is 2.99. The third-order valence-electron chi connectivity index (χ3n) is 4.03. The van der Waals surface area contributed by atoms with E-state index in [2.05, 4.69) is 4.90 Å². The van der Waals surface area contributed by atoms with E-state index in [9.17, 15) is 13.2 Å². The first-order chi connectivity index (χ1) is 9.82. The van der Waals surface area contributed by atoms with E-state index in [1.54, 1.807) is 6.07 Å². The third kappa shape index (κ3) is 3.83. The van der Waals surface area contributed by atoms with E-state index in [0.29, 0.717) is 11.7 Å². The van der Waals surface area contributed by atoms with E-state index in [1.807, 2.05) is 19.0 Å². The number of hydrogen-bond donors (Lipinski definition) is 0. The minimum absolute atomic E-state index is 0.130. The molecule has 118 valence electrons. The Bertz CT molecular complexity index is 488. The molecular formula is C15H20ClF3N2. The Kier molecular flexibility index (Phi) is 5.04. The van der Waals surface area contributed by atoms with Gasteiger partial charge in [-0.2, -0.15) is 13.2 Å². The predicted molar refractivity (Wildman–Crippen MR) is 79.9 cm³/mol. The zero-order valence-electron chi connectivity index (χ0n) is 12.3. The van der Waals surface area contributed by atoms with Crippen LogP contribution in [0.25, 0.3) is 0 Å². The SMILES string of the molecule is CN(C)C1CCCN(c2ccc(CCl)c(C(F)(F)F)c2)C1. The maximum Gasteiger partial charge on any atom is 0.416 e. The van der Waals surface area contributed by atoms with Crippen molar-refractivity contribution in [3.63, 3.8) is 0 Å². The number of rotatable bonds is 3. The van der Waals surface area contributed by atoms with E-state index < -0.39 is 11.7 Å². The summed E-state index contributed by atoms with van der Waals surface area (Å²) in [5.74, 6) is -0.130. The number of likely N-dealkylation sites (N-methyl/N-ethyl adjacent to an activating group) is 1. The highest BCUT2D eigenvalue weighted by molar-refractivity contribution is 6.17. The van der Waals surface area contributed by atoms with Crippen LogP contribution in [0.15, 0.2) is 18.2 Å². The van der Waals surface area contributed by atoms with Crippen LogP contribution in [0, 0.1) is 0 Å². The Balaban J connectivity index is 2.28. The Morgan fingerprint density at radius 3 is 2.62 bits per heavy atom. The Labute approximate surface area is 128 Å². The van der Waals surface area contributed by atoms with Gasteiger partial charge < -0.3 is 9.80 Å². The molecule has 1 fully saturated rings. The van der Waals surface area contributed by atoms with Gasteiger partial charge in [0.15, 0.2) is 0 Å². The molecule has 0 N–H and O–H groups in total. The maximum absolute atomic E-state index is 13.1. The first-order valence-electron chi connectivity index (χ1n) is 7.00. The lowest BCUT2D eigenvalue weighted by Crippen LogP contribution is -2.45. The number of halogens is 4. The molecule has 2 rings (SSSR count). The topological polar surface area (TPSA) is 6.48 Å². The summed E-state index contributed by atoms with van der Waals surface area (Å²) in [5.41, 5.74) is 0.138. The summed E-state index contributed by atoms with van der Waals surface area (Å²) in [6, 6.07) is 4.84. The Hall–Kier alpha value is -0.940. The smallest absolute Gasteiger partial charge is 0.370 e. The van der Waals surface area contributed by atoms with Crippen molar-refractivity contribution in [3.05, 3.63) is 29.3 Å². The minimum Gasteiger partial charge on any atom is -0.370 e. The van der Waals surface area contributed by atoms with E-state index in [0.717, 1.165) is 25.9 Å². The van der Waals surface area contributed by atoms with Crippen molar-refractivity contribution in [2.45, 2.75) is 30.9 Å². The molecule has 0 bridgehead atoms. The lowest BCUT2D eigenvalue weighted by molar-refractivity contribution is -0.138. The summed E-state index contributed by atoms with van der Waals surface area (Å²) >= 11 is 5.62. The first-order valence-corrected chi connectivity index (χ1v) is 7.54. The number of piperidine rings is 1. The summed E-state index contributed by atoms with van der Waals surface area (Å²) in [4.78, 5) is 4.16. The van der Waals surface area contributed by atoms with Crippen LogP contribution < -0.4 is 4.90 Å². The van der Waals surface area contributed by atoms with Gasteiger partial charge in [-0.25, -0.2) is 0 Å². The number of benzene rings is 1. The summed E-state index contributed by atoms with van der Waals surface area (Å²) < 4.78 is 39.3. The van der Waals surface area contributed by atoms with Gasteiger partial charge in [-0.05, 0) is 44.6 Å². The molecule has 21 heavy (non-hydrogen) atoms. The van der Waals surface area contributed by atoms with Crippen molar-refractivity contribution in [1.82, 2.24) is 4.90 Å². The van der Waals surface area contributed by atoms with E-state index in [-0.39, 0.29) is 11.4 Å². The average Bonchev–Trinajstić information content (AvgIpc) is 2.45. The molecule has 0 amide bonds. The molecule has 1 heterocycles. The first kappa shape index (κ1) is 16.4. The molecule has 1 aromatic carbocycles. The zero-order valence-corrected chi connectivity index (χ0v) is 13.0. The molecule has 0 spiro atoms. The molecule has 0 aromatic heterocycles. The normalized spacial score (nSPS) is 20.1. The monoisotopic (exact) mass is 320 g/mol. The highest BCUT2D eigenvalue weighted by atomic mass is 35.5. The molecule has 1 saturated heterocycles. The fourth-order valence-electron chi connectivity index (χ4n) is 2.75. The molecule has 6 heteroatoms. The molecule has 1 atom stereocenters. The third-order valence-corrected chi connectivity index (χ3v) is 4.32. The van der Waals surface area contributed by atoms with Gasteiger partial charge in [0.25, 0.3) is 0 Å². The molecule has 1 unspecified atom stereocenters. The van der Waals surface area contributed by atoms with Crippen molar-refractivity contribution in [1.29, 1.82) is 0 Å². The second kappa shape index (κ2) is 6.44. The molecule has 1 aromatic rings. The van der Waals surface area contributed by atoms with E-state index in [4.69, 9.17) is 11.6 Å². The zero-order chi connectivity index (χ0) is 15.6. The largest absolute Gasteiger partial charge is 0.416 e. The highest BCUT2D eigenvalue weighted by Crippen LogP contribution is 2.36. The van der Waals surface area contributed by atoms with Crippen LogP contribution in [0.1, 0.15) is 24.0 Å². The minimum atomic E-state index is -4.36. The van der Waals surface area contributed by atoms with Crippen LogP contribution in [-0.2, 0) is 12.1 Å².